The first-order chi connectivity index (χ1) is 10.1. The van der Waals surface area contributed by atoms with Crippen LogP contribution >= 0.6 is 0 Å². The molecule has 6 heteroatoms. The van der Waals surface area contributed by atoms with Crippen molar-refractivity contribution < 1.29 is 24.2 Å². The molecule has 21 heavy (non-hydrogen) atoms. The van der Waals surface area contributed by atoms with Crippen LogP contribution in [0.4, 0.5) is 0 Å². The molecule has 0 aliphatic heterocycles. The molecule has 1 aromatic carbocycles. The van der Waals surface area contributed by atoms with Crippen molar-refractivity contribution in [2.24, 2.45) is 5.41 Å². The fourth-order valence-corrected chi connectivity index (χ4v) is 1.91. The lowest BCUT2D eigenvalue weighted by atomic mass is 10.1. The lowest BCUT2D eigenvalue weighted by Crippen LogP contribution is -2.34. The van der Waals surface area contributed by atoms with E-state index in [-0.39, 0.29) is 25.5 Å². The Kier molecular flexibility index (Phi) is 4.67. The van der Waals surface area contributed by atoms with Crippen LogP contribution in [-0.4, -0.2) is 37.2 Å². The van der Waals surface area contributed by atoms with Crippen molar-refractivity contribution in [1.82, 2.24) is 5.32 Å². The number of carboxylic acid groups (broad SMARTS) is 1. The first kappa shape index (κ1) is 15.2. The van der Waals surface area contributed by atoms with Gasteiger partial charge in [-0.3, -0.25) is 9.59 Å². The van der Waals surface area contributed by atoms with Crippen molar-refractivity contribution in [3.05, 3.63) is 24.3 Å². The number of carbonyl (C=O) groups excluding carboxylic acids is 1. The van der Waals surface area contributed by atoms with Gasteiger partial charge < -0.3 is 19.9 Å². The monoisotopic (exact) mass is 293 g/mol. The lowest BCUT2D eigenvalue weighted by molar-refractivity contribution is -0.143. The van der Waals surface area contributed by atoms with Crippen molar-refractivity contribution in [2.75, 3.05) is 20.3 Å². The number of methoxy groups -OCH3 is 1. The Morgan fingerprint density at radius 2 is 1.86 bits per heavy atom. The minimum absolute atomic E-state index is 0.196. The van der Waals surface area contributed by atoms with Crippen LogP contribution in [0.25, 0.3) is 0 Å². The molecule has 1 fully saturated rings. The molecule has 114 valence electrons. The molecular formula is C15H19NO5. The van der Waals surface area contributed by atoms with Gasteiger partial charge in [0.05, 0.1) is 25.6 Å². The topological polar surface area (TPSA) is 84.9 Å². The summed E-state index contributed by atoms with van der Waals surface area (Å²) in [4.78, 5) is 22.6. The predicted molar refractivity (Wildman–Crippen MR) is 75.4 cm³/mol. The molecule has 1 aliphatic carbocycles. The van der Waals surface area contributed by atoms with Gasteiger partial charge >= 0.3 is 5.97 Å². The van der Waals surface area contributed by atoms with Crippen LogP contribution < -0.4 is 14.8 Å². The highest BCUT2D eigenvalue weighted by molar-refractivity contribution is 5.80. The van der Waals surface area contributed by atoms with Gasteiger partial charge in [0.1, 0.15) is 11.5 Å². The number of nitrogens with one attached hydrogen (secondary N) is 1. The van der Waals surface area contributed by atoms with E-state index in [1.807, 2.05) is 0 Å². The number of aliphatic carboxylic acids is 1. The minimum atomic E-state index is -0.836. The van der Waals surface area contributed by atoms with E-state index in [4.69, 9.17) is 14.6 Å². The van der Waals surface area contributed by atoms with E-state index in [0.29, 0.717) is 18.6 Å². The van der Waals surface area contributed by atoms with Crippen LogP contribution in [0.15, 0.2) is 24.3 Å². The number of benzene rings is 1. The second kappa shape index (κ2) is 6.47. The SMILES string of the molecule is COc1ccc(OCCC(=O)NCC2(C(=O)O)CC2)cc1. The summed E-state index contributed by atoms with van der Waals surface area (Å²) in [6, 6.07) is 7.08. The molecule has 0 aromatic heterocycles. The van der Waals surface area contributed by atoms with Crippen molar-refractivity contribution in [3.63, 3.8) is 0 Å². The Morgan fingerprint density at radius 1 is 1.24 bits per heavy atom. The zero-order valence-electron chi connectivity index (χ0n) is 11.9. The Labute approximate surface area is 123 Å². The van der Waals surface area contributed by atoms with Crippen LogP contribution in [0.1, 0.15) is 19.3 Å². The molecule has 0 unspecified atom stereocenters. The van der Waals surface area contributed by atoms with Gasteiger partial charge in [-0.1, -0.05) is 0 Å². The first-order valence-corrected chi connectivity index (χ1v) is 6.83. The molecule has 0 radical (unpaired) electrons. The normalized spacial score (nSPS) is 15.1. The first-order valence-electron chi connectivity index (χ1n) is 6.83. The molecule has 1 aliphatic rings. The van der Waals surface area contributed by atoms with E-state index in [9.17, 15) is 9.59 Å². The van der Waals surface area contributed by atoms with Gasteiger partial charge in [0.2, 0.25) is 5.91 Å². The van der Waals surface area contributed by atoms with Crippen LogP contribution in [0.5, 0.6) is 11.5 Å². The fourth-order valence-electron chi connectivity index (χ4n) is 1.91. The lowest BCUT2D eigenvalue weighted by Gasteiger charge is -2.11. The third-order valence-corrected chi connectivity index (χ3v) is 3.59. The zero-order valence-corrected chi connectivity index (χ0v) is 11.9. The Morgan fingerprint density at radius 3 is 2.38 bits per heavy atom. The fraction of sp³-hybridized carbons (Fsp3) is 0.467. The van der Waals surface area contributed by atoms with Crippen molar-refractivity contribution in [1.29, 1.82) is 0 Å². The van der Waals surface area contributed by atoms with Crippen molar-refractivity contribution >= 4 is 11.9 Å². The Balaban J connectivity index is 1.66. The van der Waals surface area contributed by atoms with E-state index >= 15 is 0 Å². The number of hydrogen-bond donors (Lipinski definition) is 2. The molecule has 1 aromatic rings. The molecule has 0 heterocycles. The number of carboxylic acids is 1. The van der Waals surface area contributed by atoms with Crippen LogP contribution in [0, 0.1) is 5.41 Å². The molecule has 1 amide bonds. The molecule has 0 bridgehead atoms. The van der Waals surface area contributed by atoms with Crippen LogP contribution in [-0.2, 0) is 9.59 Å². The number of rotatable bonds is 8. The summed E-state index contributed by atoms with van der Waals surface area (Å²) in [5, 5.41) is 11.6. The number of hydrogen-bond acceptors (Lipinski definition) is 4. The maximum Gasteiger partial charge on any atom is 0.311 e. The minimum Gasteiger partial charge on any atom is -0.497 e. The molecular weight excluding hydrogens is 274 g/mol. The second-order valence-corrected chi connectivity index (χ2v) is 5.14. The third-order valence-electron chi connectivity index (χ3n) is 3.59. The summed E-state index contributed by atoms with van der Waals surface area (Å²) >= 11 is 0. The van der Waals surface area contributed by atoms with Crippen molar-refractivity contribution in [2.45, 2.75) is 19.3 Å². The van der Waals surface area contributed by atoms with Gasteiger partial charge in [-0.15, -0.1) is 0 Å². The van der Waals surface area contributed by atoms with E-state index < -0.39 is 11.4 Å². The molecule has 1 saturated carbocycles. The van der Waals surface area contributed by atoms with Gasteiger partial charge in [-0.2, -0.15) is 0 Å². The van der Waals surface area contributed by atoms with E-state index in [2.05, 4.69) is 5.32 Å². The number of amides is 1. The molecule has 0 atom stereocenters. The van der Waals surface area contributed by atoms with Crippen LogP contribution in [0.2, 0.25) is 0 Å². The number of carbonyl (C=O) groups is 2. The average molecular weight is 293 g/mol. The van der Waals surface area contributed by atoms with E-state index in [0.717, 1.165) is 5.75 Å². The van der Waals surface area contributed by atoms with E-state index in [1.54, 1.807) is 31.4 Å². The largest absolute Gasteiger partial charge is 0.497 e. The molecule has 0 spiro atoms. The van der Waals surface area contributed by atoms with Gasteiger partial charge in [-0.05, 0) is 37.1 Å². The maximum absolute atomic E-state index is 11.6. The van der Waals surface area contributed by atoms with Gasteiger partial charge in [-0.25, -0.2) is 0 Å². The van der Waals surface area contributed by atoms with Gasteiger partial charge in [0.25, 0.3) is 0 Å². The number of ether oxygens (including phenoxy) is 2. The van der Waals surface area contributed by atoms with Crippen LogP contribution in [0.3, 0.4) is 0 Å². The quantitative estimate of drug-likeness (QED) is 0.757. The summed E-state index contributed by atoms with van der Waals surface area (Å²) in [5.41, 5.74) is -0.730. The maximum atomic E-state index is 11.6. The summed E-state index contributed by atoms with van der Waals surface area (Å²) in [7, 11) is 1.59. The summed E-state index contributed by atoms with van der Waals surface area (Å²) in [6.07, 6.45) is 1.46. The summed E-state index contributed by atoms with van der Waals surface area (Å²) in [6.45, 7) is 0.446. The van der Waals surface area contributed by atoms with E-state index in [1.165, 1.54) is 0 Å². The highest BCUT2D eigenvalue weighted by atomic mass is 16.5. The second-order valence-electron chi connectivity index (χ2n) is 5.14. The third kappa shape index (κ3) is 4.11. The summed E-state index contributed by atoms with van der Waals surface area (Å²) in [5.74, 6) is 0.365. The highest BCUT2D eigenvalue weighted by Gasteiger charge is 2.50. The van der Waals surface area contributed by atoms with Gasteiger partial charge in [0, 0.05) is 6.54 Å². The highest BCUT2D eigenvalue weighted by Crippen LogP contribution is 2.45. The predicted octanol–water partition coefficient (Wildman–Crippen LogP) is 1.45. The summed E-state index contributed by atoms with van der Waals surface area (Å²) < 4.78 is 10.5. The average Bonchev–Trinajstić information content (AvgIpc) is 3.27. The Hall–Kier alpha value is -2.24. The molecule has 2 N–H and O–H groups in total. The van der Waals surface area contributed by atoms with Crippen molar-refractivity contribution in [3.8, 4) is 11.5 Å². The van der Waals surface area contributed by atoms with Gasteiger partial charge in [0.15, 0.2) is 0 Å². The molecule has 2 rings (SSSR count). The standard InChI is InChI=1S/C15H19NO5/c1-20-11-2-4-12(5-3-11)21-9-6-13(17)16-10-15(7-8-15)14(18)19/h2-5H,6-10H2,1H3,(H,16,17)(H,18,19). The molecule has 6 nitrogen and oxygen atoms in total. The smallest absolute Gasteiger partial charge is 0.311 e. The molecule has 0 saturated heterocycles. The zero-order chi connectivity index (χ0) is 15.3. The Bertz CT molecular complexity index is 507.